The van der Waals surface area contributed by atoms with Crippen molar-refractivity contribution in [2.45, 2.75) is 37.6 Å². The first-order valence-corrected chi connectivity index (χ1v) is 10.0. The molecule has 6 nitrogen and oxygen atoms in total. The fourth-order valence-corrected chi connectivity index (χ4v) is 3.25. The van der Waals surface area contributed by atoms with Crippen molar-refractivity contribution >= 4 is 0 Å². The summed E-state index contributed by atoms with van der Waals surface area (Å²) in [7, 11) is 0. The lowest BCUT2D eigenvalue weighted by molar-refractivity contribution is 0.176. The lowest BCUT2D eigenvalue weighted by Gasteiger charge is -2.14. The van der Waals surface area contributed by atoms with E-state index in [-0.39, 0.29) is 18.8 Å². The summed E-state index contributed by atoms with van der Waals surface area (Å²) in [5.74, 6) is 7.48. The van der Waals surface area contributed by atoms with Gasteiger partial charge in [-0.1, -0.05) is 36.1 Å². The molecule has 1 fully saturated rings. The summed E-state index contributed by atoms with van der Waals surface area (Å²) in [6.07, 6.45) is 3.65. The maximum Gasteiger partial charge on any atom is 0.138 e. The standard InChI is InChI=1S/C24H25N3O3/c1-16(29)24-26-12-13-27(24)20(15-28)9-4-17-2-5-18(6-3-17)19-7-10-21(11-8-19)30-23-14-22(23)25/h2-3,5-8,10-13,16,20,22-23,28-29H,14-15,25H2,1H3/t16-,20?,22?,23?/m0/s1. The van der Waals surface area contributed by atoms with Crippen molar-refractivity contribution in [2.24, 2.45) is 5.73 Å². The van der Waals surface area contributed by atoms with Crippen LogP contribution in [-0.4, -0.2) is 38.5 Å². The van der Waals surface area contributed by atoms with Crippen LogP contribution in [0, 0.1) is 11.8 Å². The molecule has 6 heteroatoms. The molecule has 0 amide bonds. The van der Waals surface area contributed by atoms with Gasteiger partial charge in [0.1, 0.15) is 29.8 Å². The zero-order valence-corrected chi connectivity index (χ0v) is 16.8. The van der Waals surface area contributed by atoms with Crippen molar-refractivity contribution in [1.29, 1.82) is 0 Å². The molecule has 0 aliphatic heterocycles. The first-order valence-electron chi connectivity index (χ1n) is 10.0. The quantitative estimate of drug-likeness (QED) is 0.550. The van der Waals surface area contributed by atoms with Gasteiger partial charge < -0.3 is 25.3 Å². The lowest BCUT2D eigenvalue weighted by atomic mass is 10.0. The van der Waals surface area contributed by atoms with Gasteiger partial charge in [-0.3, -0.25) is 0 Å². The number of nitrogens with zero attached hydrogens (tertiary/aromatic N) is 2. The number of aliphatic hydroxyl groups is 2. The number of benzene rings is 2. The average Bonchev–Trinajstić information content (AvgIpc) is 3.24. The van der Waals surface area contributed by atoms with Crippen LogP contribution < -0.4 is 10.5 Å². The van der Waals surface area contributed by atoms with Crippen LogP contribution in [0.1, 0.15) is 36.9 Å². The molecule has 4 rings (SSSR count). The molecule has 154 valence electrons. The van der Waals surface area contributed by atoms with E-state index in [1.165, 1.54) is 0 Å². The zero-order chi connectivity index (χ0) is 21.1. The Bertz CT molecular complexity index is 1050. The molecule has 4 atom stereocenters. The monoisotopic (exact) mass is 403 g/mol. The van der Waals surface area contributed by atoms with Crippen molar-refractivity contribution in [3.63, 3.8) is 0 Å². The summed E-state index contributed by atoms with van der Waals surface area (Å²) >= 11 is 0. The molecule has 0 spiro atoms. The number of rotatable bonds is 6. The summed E-state index contributed by atoms with van der Waals surface area (Å²) in [6, 6.07) is 15.6. The van der Waals surface area contributed by atoms with E-state index in [0.717, 1.165) is 28.9 Å². The van der Waals surface area contributed by atoms with E-state index in [1.807, 2.05) is 48.5 Å². The number of hydrogen-bond acceptors (Lipinski definition) is 5. The van der Waals surface area contributed by atoms with E-state index >= 15 is 0 Å². The van der Waals surface area contributed by atoms with E-state index in [1.54, 1.807) is 23.9 Å². The maximum absolute atomic E-state index is 9.81. The largest absolute Gasteiger partial charge is 0.489 e. The molecule has 1 aliphatic carbocycles. The molecule has 1 aromatic heterocycles. The van der Waals surface area contributed by atoms with Gasteiger partial charge in [0.25, 0.3) is 0 Å². The first kappa shape index (κ1) is 20.2. The third kappa shape index (κ3) is 4.55. The van der Waals surface area contributed by atoms with Crippen molar-refractivity contribution in [3.8, 4) is 28.7 Å². The lowest BCUT2D eigenvalue weighted by Crippen LogP contribution is -2.15. The molecule has 1 aliphatic rings. The molecule has 30 heavy (non-hydrogen) atoms. The van der Waals surface area contributed by atoms with Crippen molar-refractivity contribution in [3.05, 3.63) is 72.3 Å². The Hall–Kier alpha value is -3.11. The van der Waals surface area contributed by atoms with E-state index < -0.39 is 12.1 Å². The SMILES string of the molecule is C[C@H](O)c1nccn1C(C#Cc1ccc(-c2ccc(OC3CC3N)cc2)cc1)CO. The van der Waals surface area contributed by atoms with E-state index in [2.05, 4.69) is 16.8 Å². The highest BCUT2D eigenvalue weighted by Crippen LogP contribution is 2.28. The zero-order valence-electron chi connectivity index (χ0n) is 16.8. The Kier molecular flexibility index (Phi) is 5.86. The fraction of sp³-hybridized carbons (Fsp3) is 0.292. The Morgan fingerprint density at radius 1 is 1.17 bits per heavy atom. The van der Waals surface area contributed by atoms with Crippen LogP contribution in [0.4, 0.5) is 0 Å². The van der Waals surface area contributed by atoms with Gasteiger partial charge in [0.2, 0.25) is 0 Å². The predicted molar refractivity (Wildman–Crippen MR) is 115 cm³/mol. The fourth-order valence-electron chi connectivity index (χ4n) is 3.25. The molecule has 0 bridgehead atoms. The highest BCUT2D eigenvalue weighted by Gasteiger charge is 2.35. The smallest absolute Gasteiger partial charge is 0.138 e. The van der Waals surface area contributed by atoms with E-state index in [0.29, 0.717) is 5.82 Å². The normalized spacial score (nSPS) is 19.5. The molecule has 3 unspecified atom stereocenters. The molecule has 0 saturated heterocycles. The number of aliphatic hydroxyl groups excluding tert-OH is 2. The molecule has 3 aromatic rings. The molecule has 1 heterocycles. The van der Waals surface area contributed by atoms with Gasteiger partial charge in [0, 0.05) is 30.4 Å². The van der Waals surface area contributed by atoms with Crippen LogP contribution in [0.25, 0.3) is 11.1 Å². The van der Waals surface area contributed by atoms with E-state index in [9.17, 15) is 10.2 Å². The Morgan fingerprint density at radius 3 is 2.37 bits per heavy atom. The van der Waals surface area contributed by atoms with Gasteiger partial charge in [-0.25, -0.2) is 4.98 Å². The molecule has 2 aromatic carbocycles. The summed E-state index contributed by atoms with van der Waals surface area (Å²) in [5.41, 5.74) is 8.81. The molecule has 4 N–H and O–H groups in total. The van der Waals surface area contributed by atoms with Crippen LogP contribution in [0.5, 0.6) is 5.75 Å². The summed E-state index contributed by atoms with van der Waals surface area (Å²) in [6.45, 7) is 1.47. The molecular formula is C24H25N3O3. The third-order valence-electron chi connectivity index (χ3n) is 5.10. The second-order valence-corrected chi connectivity index (χ2v) is 7.49. The Labute approximate surface area is 176 Å². The van der Waals surface area contributed by atoms with Gasteiger partial charge in [-0.15, -0.1) is 0 Å². The topological polar surface area (TPSA) is 93.5 Å². The minimum atomic E-state index is -0.729. The number of nitrogens with two attached hydrogens (primary N) is 1. The summed E-state index contributed by atoms with van der Waals surface area (Å²) in [4.78, 5) is 4.13. The molecule has 0 radical (unpaired) electrons. The molecular weight excluding hydrogens is 378 g/mol. The van der Waals surface area contributed by atoms with Gasteiger partial charge in [0.15, 0.2) is 0 Å². The van der Waals surface area contributed by atoms with Gasteiger partial charge in [-0.2, -0.15) is 0 Å². The van der Waals surface area contributed by atoms with Crippen LogP contribution in [-0.2, 0) is 0 Å². The second-order valence-electron chi connectivity index (χ2n) is 7.49. The number of hydrogen-bond donors (Lipinski definition) is 3. The summed E-state index contributed by atoms with van der Waals surface area (Å²) in [5, 5.41) is 19.5. The van der Waals surface area contributed by atoms with E-state index in [4.69, 9.17) is 10.5 Å². The predicted octanol–water partition coefficient (Wildman–Crippen LogP) is 2.67. The highest BCUT2D eigenvalue weighted by atomic mass is 16.5. The minimum Gasteiger partial charge on any atom is -0.489 e. The number of imidazole rings is 1. The van der Waals surface area contributed by atoms with Gasteiger partial charge in [-0.05, 0) is 42.3 Å². The van der Waals surface area contributed by atoms with Gasteiger partial charge in [0.05, 0.1) is 6.61 Å². The first-order chi connectivity index (χ1) is 14.5. The van der Waals surface area contributed by atoms with Crippen molar-refractivity contribution < 1.29 is 14.9 Å². The second kappa shape index (κ2) is 8.72. The summed E-state index contributed by atoms with van der Waals surface area (Å²) < 4.78 is 7.48. The van der Waals surface area contributed by atoms with Crippen LogP contribution in [0.3, 0.4) is 0 Å². The van der Waals surface area contributed by atoms with Gasteiger partial charge >= 0.3 is 0 Å². The van der Waals surface area contributed by atoms with Crippen LogP contribution in [0.2, 0.25) is 0 Å². The Morgan fingerprint density at radius 2 is 1.80 bits per heavy atom. The van der Waals surface area contributed by atoms with Crippen molar-refractivity contribution in [2.75, 3.05) is 6.61 Å². The van der Waals surface area contributed by atoms with Crippen molar-refractivity contribution in [1.82, 2.24) is 9.55 Å². The number of ether oxygens (including phenoxy) is 1. The highest BCUT2D eigenvalue weighted by molar-refractivity contribution is 5.65. The average molecular weight is 403 g/mol. The number of aromatic nitrogens is 2. The third-order valence-corrected chi connectivity index (χ3v) is 5.10. The molecule has 1 saturated carbocycles. The van der Waals surface area contributed by atoms with Crippen LogP contribution in [0.15, 0.2) is 60.9 Å². The van der Waals surface area contributed by atoms with Crippen LogP contribution >= 0.6 is 0 Å². The minimum absolute atomic E-state index is 0.149. The Balaban J connectivity index is 1.45. The maximum atomic E-state index is 9.81.